The van der Waals surface area contributed by atoms with Gasteiger partial charge in [0.2, 0.25) is 5.91 Å². The largest absolute Gasteiger partial charge is 0.310 e. The number of thiophene rings is 1. The first-order chi connectivity index (χ1) is 10.7. The summed E-state index contributed by atoms with van der Waals surface area (Å²) in [4.78, 5) is 17.7. The van der Waals surface area contributed by atoms with Crippen LogP contribution >= 0.6 is 11.3 Å². The van der Waals surface area contributed by atoms with Crippen LogP contribution in [0.25, 0.3) is 5.69 Å². The number of carbonyl (C=O) groups is 1. The van der Waals surface area contributed by atoms with Crippen molar-refractivity contribution in [3.63, 3.8) is 0 Å². The first-order valence-electron chi connectivity index (χ1n) is 6.89. The number of amides is 1. The molecule has 0 unspecified atom stereocenters. The van der Waals surface area contributed by atoms with Crippen LogP contribution in [0.5, 0.6) is 0 Å². The number of benzene rings is 1. The second kappa shape index (κ2) is 5.06. The standard InChI is InChI=1S/C16H12FN3OS/c17-10-3-5-11(6-4-10)20-9-18-15-12(13-2-1-7-22-13)8-14(21)19-16(15)20/h1-7,9,12H,8H2,(H,19,21)/t12-/m0/s1. The van der Waals surface area contributed by atoms with Gasteiger partial charge in [-0.05, 0) is 35.7 Å². The lowest BCUT2D eigenvalue weighted by atomic mass is 9.96. The lowest BCUT2D eigenvalue weighted by molar-refractivity contribution is -0.116. The van der Waals surface area contributed by atoms with Crippen LogP contribution in [0, 0.1) is 5.82 Å². The molecule has 1 amide bonds. The highest BCUT2D eigenvalue weighted by Crippen LogP contribution is 2.38. The van der Waals surface area contributed by atoms with Crippen LogP contribution in [0.4, 0.5) is 10.2 Å². The second-order valence-corrected chi connectivity index (χ2v) is 6.12. The van der Waals surface area contributed by atoms with E-state index in [1.54, 1.807) is 34.4 Å². The van der Waals surface area contributed by atoms with Gasteiger partial charge >= 0.3 is 0 Å². The number of hydrogen-bond donors (Lipinski definition) is 1. The smallest absolute Gasteiger partial charge is 0.226 e. The molecule has 0 radical (unpaired) electrons. The zero-order valence-electron chi connectivity index (χ0n) is 11.5. The summed E-state index contributed by atoms with van der Waals surface area (Å²) in [5, 5.41) is 4.88. The van der Waals surface area contributed by atoms with Gasteiger partial charge in [0.1, 0.15) is 18.0 Å². The summed E-state index contributed by atoms with van der Waals surface area (Å²) in [6.07, 6.45) is 2.07. The SMILES string of the molecule is O=C1C[C@@H](c2cccs2)c2ncn(-c3ccc(F)cc3)c2N1. The number of aromatic nitrogens is 2. The molecule has 4 nitrogen and oxygen atoms in total. The quantitative estimate of drug-likeness (QED) is 0.786. The molecule has 1 atom stereocenters. The van der Waals surface area contributed by atoms with E-state index < -0.39 is 0 Å². The zero-order valence-corrected chi connectivity index (χ0v) is 12.3. The molecular formula is C16H12FN3OS. The molecule has 0 fully saturated rings. The topological polar surface area (TPSA) is 46.9 Å². The summed E-state index contributed by atoms with van der Waals surface area (Å²) in [5.41, 5.74) is 1.62. The van der Waals surface area contributed by atoms with E-state index in [0.717, 1.165) is 16.3 Å². The van der Waals surface area contributed by atoms with Gasteiger partial charge in [0.15, 0.2) is 0 Å². The molecule has 3 heterocycles. The molecule has 1 aliphatic heterocycles. The van der Waals surface area contributed by atoms with Crippen molar-refractivity contribution in [1.29, 1.82) is 0 Å². The third-order valence-electron chi connectivity index (χ3n) is 3.76. The number of anilines is 1. The van der Waals surface area contributed by atoms with Crippen molar-refractivity contribution in [2.24, 2.45) is 0 Å². The van der Waals surface area contributed by atoms with Gasteiger partial charge in [-0.2, -0.15) is 0 Å². The highest BCUT2D eigenvalue weighted by Gasteiger charge is 2.31. The van der Waals surface area contributed by atoms with Gasteiger partial charge in [-0.15, -0.1) is 11.3 Å². The van der Waals surface area contributed by atoms with Crippen LogP contribution in [0.3, 0.4) is 0 Å². The molecule has 6 heteroatoms. The van der Waals surface area contributed by atoms with Crippen LogP contribution in [-0.2, 0) is 4.79 Å². The number of fused-ring (bicyclic) bond motifs is 1. The Morgan fingerprint density at radius 3 is 2.82 bits per heavy atom. The van der Waals surface area contributed by atoms with Gasteiger partial charge in [0.25, 0.3) is 0 Å². The predicted octanol–water partition coefficient (Wildman–Crippen LogP) is 3.55. The fraction of sp³-hybridized carbons (Fsp3) is 0.125. The molecule has 0 saturated carbocycles. The van der Waals surface area contributed by atoms with E-state index >= 15 is 0 Å². The van der Waals surface area contributed by atoms with Gasteiger partial charge < -0.3 is 5.32 Å². The Balaban J connectivity index is 1.82. The lowest BCUT2D eigenvalue weighted by Crippen LogP contribution is -2.24. The average Bonchev–Trinajstić information content (AvgIpc) is 3.16. The Labute approximate surface area is 130 Å². The first-order valence-corrected chi connectivity index (χ1v) is 7.77. The number of rotatable bonds is 2. The van der Waals surface area contributed by atoms with Gasteiger partial charge in [-0.3, -0.25) is 9.36 Å². The number of hydrogen-bond acceptors (Lipinski definition) is 3. The van der Waals surface area contributed by atoms with Crippen molar-refractivity contribution in [3.05, 3.63) is 64.5 Å². The van der Waals surface area contributed by atoms with E-state index in [-0.39, 0.29) is 17.6 Å². The lowest BCUT2D eigenvalue weighted by Gasteiger charge is -2.22. The molecule has 1 aromatic carbocycles. The highest BCUT2D eigenvalue weighted by atomic mass is 32.1. The summed E-state index contributed by atoms with van der Waals surface area (Å²) in [6.45, 7) is 0. The minimum Gasteiger partial charge on any atom is -0.310 e. The molecule has 2 aromatic heterocycles. The molecule has 22 heavy (non-hydrogen) atoms. The van der Waals surface area contributed by atoms with Crippen LogP contribution in [-0.4, -0.2) is 15.5 Å². The maximum atomic E-state index is 13.1. The van der Waals surface area contributed by atoms with Crippen LogP contribution < -0.4 is 5.32 Å². The number of halogens is 1. The second-order valence-electron chi connectivity index (χ2n) is 5.15. The van der Waals surface area contributed by atoms with Crippen LogP contribution in [0.1, 0.15) is 22.9 Å². The Morgan fingerprint density at radius 1 is 1.27 bits per heavy atom. The fourth-order valence-electron chi connectivity index (χ4n) is 2.73. The predicted molar refractivity (Wildman–Crippen MR) is 82.9 cm³/mol. The Bertz CT molecular complexity index is 824. The van der Waals surface area contributed by atoms with E-state index in [4.69, 9.17) is 0 Å². The van der Waals surface area contributed by atoms with Gasteiger partial charge in [-0.1, -0.05) is 6.07 Å². The normalized spacial score (nSPS) is 17.1. The first kappa shape index (κ1) is 13.2. The van der Waals surface area contributed by atoms with Crippen molar-refractivity contribution in [2.45, 2.75) is 12.3 Å². The van der Waals surface area contributed by atoms with Crippen LogP contribution in [0.15, 0.2) is 48.1 Å². The molecule has 3 aromatic rings. The summed E-state index contributed by atoms with van der Waals surface area (Å²) in [7, 11) is 0. The monoisotopic (exact) mass is 313 g/mol. The van der Waals surface area contributed by atoms with Crippen molar-refractivity contribution in [1.82, 2.24) is 9.55 Å². The molecule has 1 aliphatic rings. The van der Waals surface area contributed by atoms with E-state index in [1.165, 1.54) is 12.1 Å². The van der Waals surface area contributed by atoms with Crippen LogP contribution in [0.2, 0.25) is 0 Å². The number of nitrogens with one attached hydrogen (secondary N) is 1. The molecular weight excluding hydrogens is 301 g/mol. The minimum atomic E-state index is -0.293. The summed E-state index contributed by atoms with van der Waals surface area (Å²) >= 11 is 1.62. The van der Waals surface area contributed by atoms with E-state index in [1.807, 2.05) is 17.5 Å². The number of carbonyl (C=O) groups excluding carboxylic acids is 1. The Hall–Kier alpha value is -2.47. The van der Waals surface area contributed by atoms with Gasteiger partial charge in [0.05, 0.1) is 5.69 Å². The minimum absolute atomic E-state index is 0.0227. The third kappa shape index (κ3) is 2.12. The van der Waals surface area contributed by atoms with E-state index in [2.05, 4.69) is 10.3 Å². The number of nitrogens with zero attached hydrogens (tertiary/aromatic N) is 2. The molecule has 1 N–H and O–H groups in total. The molecule has 0 saturated heterocycles. The maximum absolute atomic E-state index is 13.1. The van der Waals surface area contributed by atoms with Crippen molar-refractivity contribution >= 4 is 23.1 Å². The van der Waals surface area contributed by atoms with Crippen molar-refractivity contribution in [2.75, 3.05) is 5.32 Å². The Morgan fingerprint density at radius 2 is 2.09 bits per heavy atom. The summed E-state index contributed by atoms with van der Waals surface area (Å²) < 4.78 is 14.9. The third-order valence-corrected chi connectivity index (χ3v) is 4.75. The maximum Gasteiger partial charge on any atom is 0.226 e. The summed E-state index contributed by atoms with van der Waals surface area (Å²) in [6, 6.07) is 10.1. The van der Waals surface area contributed by atoms with E-state index in [0.29, 0.717) is 12.2 Å². The zero-order chi connectivity index (χ0) is 15.1. The fourth-order valence-corrected chi connectivity index (χ4v) is 3.56. The number of imidazole rings is 1. The molecule has 4 rings (SSSR count). The molecule has 0 bridgehead atoms. The summed E-state index contributed by atoms with van der Waals surface area (Å²) in [5.74, 6) is 0.319. The molecule has 110 valence electrons. The van der Waals surface area contributed by atoms with Crippen molar-refractivity contribution in [3.8, 4) is 5.69 Å². The van der Waals surface area contributed by atoms with E-state index in [9.17, 15) is 9.18 Å². The van der Waals surface area contributed by atoms with Gasteiger partial charge in [0, 0.05) is 22.9 Å². The molecule has 0 spiro atoms. The molecule has 0 aliphatic carbocycles. The Kier molecular flexibility index (Phi) is 3.04. The average molecular weight is 313 g/mol. The van der Waals surface area contributed by atoms with Crippen molar-refractivity contribution < 1.29 is 9.18 Å². The van der Waals surface area contributed by atoms with Gasteiger partial charge in [-0.25, -0.2) is 9.37 Å². The highest BCUT2D eigenvalue weighted by molar-refractivity contribution is 7.10.